The number of amides is 1. The molecule has 4 rings (SSSR count). The lowest BCUT2D eigenvalue weighted by molar-refractivity contribution is -0.117. The van der Waals surface area contributed by atoms with Crippen molar-refractivity contribution in [2.75, 3.05) is 10.0 Å². The SMILES string of the molecule is Cc1ccc(S(=O)(=O)Nc2ccc(NC(=O)Cn3nnc4ccccc4c3=O)cc2)cc1. The highest BCUT2D eigenvalue weighted by molar-refractivity contribution is 7.92. The highest BCUT2D eigenvalue weighted by Gasteiger charge is 2.14. The Morgan fingerprint density at radius 1 is 0.938 bits per heavy atom. The summed E-state index contributed by atoms with van der Waals surface area (Å²) in [6, 6.07) is 19.4. The highest BCUT2D eigenvalue weighted by Crippen LogP contribution is 2.19. The van der Waals surface area contributed by atoms with Crippen molar-refractivity contribution in [2.45, 2.75) is 18.4 Å². The average Bonchev–Trinajstić information content (AvgIpc) is 2.77. The predicted molar refractivity (Wildman–Crippen MR) is 121 cm³/mol. The first-order valence-corrected chi connectivity index (χ1v) is 11.1. The molecule has 0 saturated heterocycles. The molecule has 162 valence electrons. The molecule has 0 fully saturated rings. The molecule has 0 unspecified atom stereocenters. The summed E-state index contributed by atoms with van der Waals surface area (Å²) in [5.41, 5.74) is 1.79. The van der Waals surface area contributed by atoms with Gasteiger partial charge in [-0.15, -0.1) is 5.10 Å². The number of rotatable bonds is 6. The van der Waals surface area contributed by atoms with Gasteiger partial charge in [0, 0.05) is 11.4 Å². The first-order chi connectivity index (χ1) is 15.3. The van der Waals surface area contributed by atoms with Crippen molar-refractivity contribution in [3.8, 4) is 0 Å². The number of sulfonamides is 1. The van der Waals surface area contributed by atoms with E-state index >= 15 is 0 Å². The molecular weight excluding hydrogens is 430 g/mol. The molecule has 0 aliphatic heterocycles. The van der Waals surface area contributed by atoms with Crippen molar-refractivity contribution in [1.29, 1.82) is 0 Å². The number of nitrogens with one attached hydrogen (secondary N) is 2. The van der Waals surface area contributed by atoms with Crippen LogP contribution in [-0.4, -0.2) is 29.3 Å². The third-order valence-corrected chi connectivity index (χ3v) is 6.07. The quantitative estimate of drug-likeness (QED) is 0.466. The van der Waals surface area contributed by atoms with Gasteiger partial charge in [0.05, 0.1) is 10.3 Å². The smallest absolute Gasteiger partial charge is 0.278 e. The summed E-state index contributed by atoms with van der Waals surface area (Å²) in [5.74, 6) is -0.468. The Bertz CT molecular complexity index is 1450. The maximum Gasteiger partial charge on any atom is 0.278 e. The molecule has 0 aliphatic carbocycles. The molecular formula is C22H19N5O4S. The minimum Gasteiger partial charge on any atom is -0.324 e. The van der Waals surface area contributed by atoms with Crippen molar-refractivity contribution < 1.29 is 13.2 Å². The zero-order chi connectivity index (χ0) is 22.7. The van der Waals surface area contributed by atoms with Crippen LogP contribution in [0.5, 0.6) is 0 Å². The molecule has 1 heterocycles. The first kappa shape index (κ1) is 21.2. The molecule has 2 N–H and O–H groups in total. The monoisotopic (exact) mass is 449 g/mol. The van der Waals surface area contributed by atoms with Crippen molar-refractivity contribution in [3.63, 3.8) is 0 Å². The summed E-state index contributed by atoms with van der Waals surface area (Å²) >= 11 is 0. The lowest BCUT2D eigenvalue weighted by Gasteiger charge is -2.10. The van der Waals surface area contributed by atoms with Gasteiger partial charge in [-0.05, 0) is 55.5 Å². The number of aryl methyl sites for hydroxylation is 1. The summed E-state index contributed by atoms with van der Waals surface area (Å²) in [7, 11) is -3.72. The van der Waals surface area contributed by atoms with E-state index in [4.69, 9.17) is 0 Å². The molecule has 1 aromatic heterocycles. The van der Waals surface area contributed by atoms with Crippen LogP contribution in [0.15, 0.2) is 82.5 Å². The Labute approximate surface area is 183 Å². The van der Waals surface area contributed by atoms with Gasteiger partial charge in [0.2, 0.25) is 5.91 Å². The van der Waals surface area contributed by atoms with Crippen LogP contribution in [0.1, 0.15) is 5.56 Å². The van der Waals surface area contributed by atoms with Gasteiger partial charge in [-0.3, -0.25) is 14.3 Å². The molecule has 0 aliphatic rings. The van der Waals surface area contributed by atoms with E-state index in [2.05, 4.69) is 20.4 Å². The molecule has 10 heteroatoms. The van der Waals surface area contributed by atoms with Gasteiger partial charge in [-0.25, -0.2) is 13.1 Å². The Morgan fingerprint density at radius 3 is 2.31 bits per heavy atom. The summed E-state index contributed by atoms with van der Waals surface area (Å²) in [4.78, 5) is 24.9. The van der Waals surface area contributed by atoms with Crippen LogP contribution < -0.4 is 15.6 Å². The maximum atomic E-state index is 12.5. The van der Waals surface area contributed by atoms with E-state index in [1.165, 1.54) is 24.3 Å². The van der Waals surface area contributed by atoms with Crippen LogP contribution in [0, 0.1) is 6.92 Å². The van der Waals surface area contributed by atoms with Gasteiger partial charge >= 0.3 is 0 Å². The van der Waals surface area contributed by atoms with Crippen LogP contribution in [0.2, 0.25) is 0 Å². The van der Waals surface area contributed by atoms with E-state index in [1.54, 1.807) is 48.5 Å². The van der Waals surface area contributed by atoms with Gasteiger partial charge in [0.25, 0.3) is 15.6 Å². The third-order valence-electron chi connectivity index (χ3n) is 4.67. The minimum atomic E-state index is -3.72. The number of benzene rings is 3. The standard InChI is InChI=1S/C22H19N5O4S/c1-15-6-12-18(13-7-15)32(30,31)25-17-10-8-16(9-11-17)23-21(28)14-27-22(29)19-4-2-3-5-20(19)24-26-27/h2-13,25H,14H2,1H3,(H,23,28). The van der Waals surface area contributed by atoms with Crippen LogP contribution in [0.4, 0.5) is 11.4 Å². The topological polar surface area (TPSA) is 123 Å². The largest absolute Gasteiger partial charge is 0.324 e. The van der Waals surface area contributed by atoms with E-state index in [0.29, 0.717) is 22.3 Å². The van der Waals surface area contributed by atoms with Gasteiger partial charge < -0.3 is 5.32 Å². The van der Waals surface area contributed by atoms with Crippen molar-refractivity contribution in [3.05, 3.63) is 88.7 Å². The van der Waals surface area contributed by atoms with Gasteiger partial charge in [0.1, 0.15) is 12.1 Å². The van der Waals surface area contributed by atoms with E-state index in [-0.39, 0.29) is 11.4 Å². The zero-order valence-electron chi connectivity index (χ0n) is 17.0. The number of carbonyl (C=O) groups is 1. The maximum absolute atomic E-state index is 12.5. The molecule has 32 heavy (non-hydrogen) atoms. The Kier molecular flexibility index (Phi) is 5.69. The molecule has 4 aromatic rings. The zero-order valence-corrected chi connectivity index (χ0v) is 17.8. The second-order valence-corrected chi connectivity index (χ2v) is 8.80. The normalized spacial score (nSPS) is 11.3. The summed E-state index contributed by atoms with van der Waals surface area (Å²) < 4.78 is 28.4. The lowest BCUT2D eigenvalue weighted by Crippen LogP contribution is -2.30. The minimum absolute atomic E-state index is 0.155. The van der Waals surface area contributed by atoms with Crippen molar-refractivity contribution in [2.24, 2.45) is 0 Å². The van der Waals surface area contributed by atoms with Crippen molar-refractivity contribution in [1.82, 2.24) is 15.0 Å². The summed E-state index contributed by atoms with van der Waals surface area (Å²) in [6.45, 7) is 1.57. The fourth-order valence-corrected chi connectivity index (χ4v) is 4.08. The van der Waals surface area contributed by atoms with Crippen molar-refractivity contribution >= 4 is 38.2 Å². The molecule has 3 aromatic carbocycles. The van der Waals surface area contributed by atoms with Gasteiger partial charge in [0.15, 0.2) is 0 Å². The fraction of sp³-hybridized carbons (Fsp3) is 0.0909. The summed E-state index contributed by atoms with van der Waals surface area (Å²) in [6.07, 6.45) is 0. The number of aromatic nitrogens is 3. The first-order valence-electron chi connectivity index (χ1n) is 9.64. The van der Waals surface area contributed by atoms with Gasteiger partial charge in [-0.1, -0.05) is 35.0 Å². The number of nitrogens with zero attached hydrogens (tertiary/aromatic N) is 3. The van der Waals surface area contributed by atoms with Crippen LogP contribution in [0.3, 0.4) is 0 Å². The van der Waals surface area contributed by atoms with Crippen LogP contribution >= 0.6 is 0 Å². The molecule has 1 amide bonds. The van der Waals surface area contributed by atoms with E-state index in [9.17, 15) is 18.0 Å². The fourth-order valence-electron chi connectivity index (χ4n) is 3.02. The molecule has 0 atom stereocenters. The average molecular weight is 449 g/mol. The summed E-state index contributed by atoms with van der Waals surface area (Å²) in [5, 5.41) is 10.8. The highest BCUT2D eigenvalue weighted by atomic mass is 32.2. The number of carbonyl (C=O) groups excluding carboxylic acids is 1. The Morgan fingerprint density at radius 2 is 1.59 bits per heavy atom. The second-order valence-electron chi connectivity index (χ2n) is 7.11. The molecule has 0 bridgehead atoms. The molecule has 9 nitrogen and oxygen atoms in total. The Balaban J connectivity index is 1.42. The number of hydrogen-bond donors (Lipinski definition) is 2. The molecule has 0 saturated carbocycles. The number of fused-ring (bicyclic) bond motifs is 1. The van der Waals surface area contributed by atoms with Crippen LogP contribution in [0.25, 0.3) is 10.9 Å². The molecule has 0 spiro atoms. The second kappa shape index (κ2) is 8.60. The van der Waals surface area contributed by atoms with E-state index < -0.39 is 21.5 Å². The van der Waals surface area contributed by atoms with E-state index in [1.807, 2.05) is 6.92 Å². The molecule has 0 radical (unpaired) electrons. The third kappa shape index (κ3) is 4.65. The lowest BCUT2D eigenvalue weighted by atomic mass is 10.2. The van der Waals surface area contributed by atoms with Gasteiger partial charge in [-0.2, -0.15) is 0 Å². The number of anilines is 2. The Hall–Kier alpha value is -4.05. The van der Waals surface area contributed by atoms with Crippen LogP contribution in [-0.2, 0) is 21.4 Å². The van der Waals surface area contributed by atoms with E-state index in [0.717, 1.165) is 10.2 Å². The predicted octanol–water partition coefficient (Wildman–Crippen LogP) is 2.54. The number of hydrogen-bond acceptors (Lipinski definition) is 6.